The van der Waals surface area contributed by atoms with Gasteiger partial charge in [-0.3, -0.25) is 9.52 Å². The zero-order chi connectivity index (χ0) is 20.9. The van der Waals surface area contributed by atoms with Crippen molar-refractivity contribution in [1.29, 1.82) is 0 Å². The number of anilines is 2. The van der Waals surface area contributed by atoms with E-state index in [0.29, 0.717) is 11.3 Å². The van der Waals surface area contributed by atoms with Gasteiger partial charge in [0, 0.05) is 22.3 Å². The summed E-state index contributed by atoms with van der Waals surface area (Å²) >= 11 is 2.01. The van der Waals surface area contributed by atoms with Crippen LogP contribution in [0.2, 0.25) is 0 Å². The van der Waals surface area contributed by atoms with Gasteiger partial charge in [-0.25, -0.2) is 8.42 Å². The van der Waals surface area contributed by atoms with E-state index >= 15 is 0 Å². The van der Waals surface area contributed by atoms with Crippen LogP contribution in [0.25, 0.3) is 0 Å². The molecular formula is C22H28N2O3S2. The lowest BCUT2D eigenvalue weighted by molar-refractivity contribution is 0.102. The lowest BCUT2D eigenvalue weighted by Crippen LogP contribution is -2.15. The maximum atomic E-state index is 12.7. The summed E-state index contributed by atoms with van der Waals surface area (Å²) in [7, 11) is -3.41. The van der Waals surface area contributed by atoms with E-state index in [4.69, 9.17) is 0 Å². The predicted molar refractivity (Wildman–Crippen MR) is 122 cm³/mol. The standard InChI is InChI=1S/C22H28N2O3S2/c1-16-11-12-18(14-21(16)24-29(2,26)27)22(25)23-19-8-6-7-17(13-19)15-28-20-9-4-3-5-10-20/h6-8,11-14,20,24H,3-5,9-10,15H2,1-2H3,(H,23,25). The summed E-state index contributed by atoms with van der Waals surface area (Å²) in [5.41, 5.74) is 3.52. The Morgan fingerprint density at radius 2 is 1.86 bits per heavy atom. The molecule has 0 aromatic heterocycles. The van der Waals surface area contributed by atoms with Crippen LogP contribution in [0.4, 0.5) is 11.4 Å². The van der Waals surface area contributed by atoms with Crippen molar-refractivity contribution in [1.82, 2.24) is 0 Å². The van der Waals surface area contributed by atoms with Crippen molar-refractivity contribution in [2.75, 3.05) is 16.3 Å². The number of sulfonamides is 1. The lowest BCUT2D eigenvalue weighted by atomic mass is 10.0. The van der Waals surface area contributed by atoms with Crippen LogP contribution in [-0.2, 0) is 15.8 Å². The van der Waals surface area contributed by atoms with Crippen molar-refractivity contribution >= 4 is 39.1 Å². The number of carbonyl (C=O) groups is 1. The summed E-state index contributed by atoms with van der Waals surface area (Å²) in [6.07, 6.45) is 7.73. The molecule has 156 valence electrons. The first-order valence-electron chi connectivity index (χ1n) is 9.90. The number of carbonyl (C=O) groups excluding carboxylic acids is 1. The van der Waals surface area contributed by atoms with E-state index < -0.39 is 10.0 Å². The molecule has 1 amide bonds. The van der Waals surface area contributed by atoms with Gasteiger partial charge in [0.05, 0.1) is 11.9 Å². The number of amides is 1. The second-order valence-corrected chi connectivity index (χ2v) is 10.7. The summed E-state index contributed by atoms with van der Waals surface area (Å²) < 4.78 is 25.5. The first-order valence-corrected chi connectivity index (χ1v) is 12.8. The number of hydrogen-bond acceptors (Lipinski definition) is 4. The van der Waals surface area contributed by atoms with Crippen LogP contribution in [0.1, 0.15) is 53.6 Å². The Balaban J connectivity index is 1.65. The fourth-order valence-corrected chi connectivity index (χ4v) is 5.35. The van der Waals surface area contributed by atoms with Gasteiger partial charge in [-0.2, -0.15) is 11.8 Å². The number of nitrogens with one attached hydrogen (secondary N) is 2. The molecule has 1 aliphatic carbocycles. The van der Waals surface area contributed by atoms with Crippen LogP contribution >= 0.6 is 11.8 Å². The minimum atomic E-state index is -3.41. The van der Waals surface area contributed by atoms with E-state index in [1.165, 1.54) is 37.7 Å². The largest absolute Gasteiger partial charge is 0.322 e. The van der Waals surface area contributed by atoms with Crippen molar-refractivity contribution in [2.24, 2.45) is 0 Å². The average Bonchev–Trinajstić information content (AvgIpc) is 2.68. The van der Waals surface area contributed by atoms with Crippen LogP contribution in [0, 0.1) is 6.92 Å². The third-order valence-electron chi connectivity index (χ3n) is 5.02. The van der Waals surface area contributed by atoms with Crippen molar-refractivity contribution in [3.8, 4) is 0 Å². The molecule has 0 bridgehead atoms. The predicted octanol–water partition coefficient (Wildman–Crippen LogP) is 5.18. The van der Waals surface area contributed by atoms with Gasteiger partial charge < -0.3 is 5.32 Å². The third-order valence-corrected chi connectivity index (χ3v) is 7.05. The normalized spacial score (nSPS) is 15.1. The molecule has 2 N–H and O–H groups in total. The van der Waals surface area contributed by atoms with Gasteiger partial charge in [0.25, 0.3) is 5.91 Å². The summed E-state index contributed by atoms with van der Waals surface area (Å²) in [6, 6.07) is 12.9. The molecule has 1 fully saturated rings. The van der Waals surface area contributed by atoms with Gasteiger partial charge >= 0.3 is 0 Å². The average molecular weight is 433 g/mol. The van der Waals surface area contributed by atoms with E-state index in [1.54, 1.807) is 25.1 Å². The van der Waals surface area contributed by atoms with E-state index in [9.17, 15) is 13.2 Å². The molecule has 29 heavy (non-hydrogen) atoms. The highest BCUT2D eigenvalue weighted by Crippen LogP contribution is 2.31. The molecular weight excluding hydrogens is 404 g/mol. The Bertz CT molecular complexity index is 968. The van der Waals surface area contributed by atoms with Crippen molar-refractivity contribution in [3.63, 3.8) is 0 Å². The quantitative estimate of drug-likeness (QED) is 0.632. The molecule has 0 radical (unpaired) electrons. The first-order chi connectivity index (χ1) is 13.8. The third kappa shape index (κ3) is 6.78. The summed E-state index contributed by atoms with van der Waals surface area (Å²) in [5.74, 6) is 0.681. The first kappa shape index (κ1) is 21.7. The monoisotopic (exact) mass is 432 g/mol. The summed E-state index contributed by atoms with van der Waals surface area (Å²) in [6.45, 7) is 1.79. The van der Waals surface area contributed by atoms with Gasteiger partial charge in [-0.1, -0.05) is 37.5 Å². The highest BCUT2D eigenvalue weighted by Gasteiger charge is 2.14. The SMILES string of the molecule is Cc1ccc(C(=O)Nc2cccc(CSC3CCCCC3)c2)cc1NS(C)(=O)=O. The second-order valence-electron chi connectivity index (χ2n) is 7.63. The molecule has 7 heteroatoms. The number of benzene rings is 2. The minimum Gasteiger partial charge on any atom is -0.322 e. The zero-order valence-corrected chi connectivity index (χ0v) is 18.5. The Morgan fingerprint density at radius 3 is 2.59 bits per heavy atom. The number of rotatable bonds is 7. The number of hydrogen-bond donors (Lipinski definition) is 2. The van der Waals surface area contributed by atoms with E-state index in [-0.39, 0.29) is 5.91 Å². The van der Waals surface area contributed by atoms with Crippen molar-refractivity contribution in [3.05, 3.63) is 59.2 Å². The van der Waals surface area contributed by atoms with Crippen LogP contribution in [-0.4, -0.2) is 25.8 Å². The number of thioether (sulfide) groups is 1. The van der Waals surface area contributed by atoms with Crippen LogP contribution in [0.5, 0.6) is 0 Å². The molecule has 1 saturated carbocycles. The van der Waals surface area contributed by atoms with E-state index in [1.807, 2.05) is 30.0 Å². The Kier molecular flexibility index (Phi) is 7.24. The topological polar surface area (TPSA) is 75.3 Å². The Hall–Kier alpha value is -1.99. The lowest BCUT2D eigenvalue weighted by Gasteiger charge is -2.21. The molecule has 3 rings (SSSR count). The highest BCUT2D eigenvalue weighted by atomic mass is 32.2. The molecule has 0 aliphatic heterocycles. The highest BCUT2D eigenvalue weighted by molar-refractivity contribution is 7.99. The fraction of sp³-hybridized carbons (Fsp3) is 0.409. The maximum Gasteiger partial charge on any atom is 0.255 e. The molecule has 0 heterocycles. The second kappa shape index (κ2) is 9.67. The van der Waals surface area contributed by atoms with Crippen molar-refractivity contribution < 1.29 is 13.2 Å². The molecule has 2 aromatic carbocycles. The molecule has 5 nitrogen and oxygen atoms in total. The fourth-order valence-electron chi connectivity index (χ4n) is 3.46. The van der Waals surface area contributed by atoms with Gasteiger partial charge in [0.15, 0.2) is 0 Å². The van der Waals surface area contributed by atoms with E-state index in [2.05, 4.69) is 16.1 Å². The van der Waals surface area contributed by atoms with Crippen molar-refractivity contribution in [2.45, 2.75) is 50.0 Å². The molecule has 2 aromatic rings. The summed E-state index contributed by atoms with van der Waals surface area (Å²) in [4.78, 5) is 12.7. The van der Waals surface area contributed by atoms with Gasteiger partial charge in [-0.05, 0) is 55.2 Å². The minimum absolute atomic E-state index is 0.265. The van der Waals surface area contributed by atoms with Crippen LogP contribution in [0.15, 0.2) is 42.5 Å². The molecule has 0 unspecified atom stereocenters. The molecule has 0 atom stereocenters. The van der Waals surface area contributed by atoms with Crippen LogP contribution in [0.3, 0.4) is 0 Å². The molecule has 0 saturated heterocycles. The Labute approximate surface area is 177 Å². The van der Waals surface area contributed by atoms with Crippen LogP contribution < -0.4 is 10.0 Å². The maximum absolute atomic E-state index is 12.7. The molecule has 0 spiro atoms. The van der Waals surface area contributed by atoms with Gasteiger partial charge in [0.2, 0.25) is 10.0 Å². The smallest absolute Gasteiger partial charge is 0.255 e. The van der Waals surface area contributed by atoms with Gasteiger partial charge in [0.1, 0.15) is 0 Å². The van der Waals surface area contributed by atoms with Gasteiger partial charge in [-0.15, -0.1) is 0 Å². The molecule has 1 aliphatic rings. The van der Waals surface area contributed by atoms with E-state index in [0.717, 1.165) is 28.5 Å². The summed E-state index contributed by atoms with van der Waals surface area (Å²) in [5, 5.41) is 3.67. The number of aryl methyl sites for hydroxylation is 1. The Morgan fingerprint density at radius 1 is 1.10 bits per heavy atom. The zero-order valence-electron chi connectivity index (χ0n) is 16.9.